The van der Waals surface area contributed by atoms with Crippen LogP contribution in [0.25, 0.3) is 0 Å². The summed E-state index contributed by atoms with van der Waals surface area (Å²) in [6.07, 6.45) is 3.45. The Kier molecular flexibility index (Phi) is 8.63. The van der Waals surface area contributed by atoms with Crippen LogP contribution >= 0.6 is 35.0 Å². The van der Waals surface area contributed by atoms with Gasteiger partial charge in [0, 0.05) is 62.5 Å². The Balaban J connectivity index is 1.15. The first kappa shape index (κ1) is 26.3. The third-order valence-corrected chi connectivity index (χ3v) is 7.65. The van der Waals surface area contributed by atoms with Crippen molar-refractivity contribution in [2.24, 2.45) is 0 Å². The Morgan fingerprint density at radius 1 is 0.895 bits per heavy atom. The van der Waals surface area contributed by atoms with Crippen molar-refractivity contribution in [2.75, 3.05) is 36.0 Å². The molecule has 1 aliphatic heterocycles. The molecule has 1 N–H and O–H groups in total. The minimum Gasteiger partial charge on any atom is -0.367 e. The Labute approximate surface area is 236 Å². The molecule has 38 heavy (non-hydrogen) atoms. The van der Waals surface area contributed by atoms with Gasteiger partial charge in [0.15, 0.2) is 5.16 Å². The summed E-state index contributed by atoms with van der Waals surface area (Å²) in [7, 11) is 0. The highest BCUT2D eigenvalue weighted by Gasteiger charge is 2.21. The third-order valence-electron chi connectivity index (χ3n) is 6.22. The van der Waals surface area contributed by atoms with E-state index in [0.717, 1.165) is 53.8 Å². The highest BCUT2D eigenvalue weighted by atomic mass is 35.5. The Hall–Kier alpha value is -3.33. The van der Waals surface area contributed by atoms with Crippen molar-refractivity contribution in [3.8, 4) is 0 Å². The number of pyridine rings is 1. The van der Waals surface area contributed by atoms with Gasteiger partial charge in [-0.15, -0.1) is 0 Å². The van der Waals surface area contributed by atoms with Crippen molar-refractivity contribution in [3.63, 3.8) is 0 Å². The molecule has 0 atom stereocenters. The lowest BCUT2D eigenvalue weighted by Gasteiger charge is -2.37. The molecule has 10 heteroatoms. The summed E-state index contributed by atoms with van der Waals surface area (Å²) < 4.78 is 0. The third kappa shape index (κ3) is 6.75. The first-order valence-electron chi connectivity index (χ1n) is 12.2. The number of benzene rings is 2. The number of hydrogen-bond acceptors (Lipinski definition) is 7. The number of para-hydroxylation sites is 1. The molecule has 0 radical (unpaired) electrons. The fourth-order valence-corrected chi connectivity index (χ4v) is 5.48. The molecule has 2 aromatic heterocycles. The number of anilines is 2. The standard InChI is InChI=1S/C28H26Cl2N6OS/c29-23-5-1-2-6-24(23)35-12-14-36(15-13-35)26-16-25(30)33-28(34-26)38-19-20-7-9-22(10-8-20)27(37)32-18-21-4-3-11-31-17-21/h1-11,16-17H,12-15,18-19H2,(H,32,37). The molecule has 1 fully saturated rings. The maximum absolute atomic E-state index is 12.5. The highest BCUT2D eigenvalue weighted by Crippen LogP contribution is 2.29. The lowest BCUT2D eigenvalue weighted by atomic mass is 10.1. The number of halogens is 2. The number of amides is 1. The number of carbonyl (C=O) groups is 1. The van der Waals surface area contributed by atoms with E-state index in [2.05, 4.69) is 31.2 Å². The number of rotatable bonds is 8. The molecule has 1 amide bonds. The van der Waals surface area contributed by atoms with E-state index in [4.69, 9.17) is 28.2 Å². The summed E-state index contributed by atoms with van der Waals surface area (Å²) in [4.78, 5) is 30.2. The van der Waals surface area contributed by atoms with E-state index in [1.54, 1.807) is 12.4 Å². The van der Waals surface area contributed by atoms with Crippen LogP contribution in [0.4, 0.5) is 11.5 Å². The van der Waals surface area contributed by atoms with Gasteiger partial charge in [-0.3, -0.25) is 9.78 Å². The molecular weight excluding hydrogens is 539 g/mol. The van der Waals surface area contributed by atoms with Crippen molar-refractivity contribution in [2.45, 2.75) is 17.5 Å². The van der Waals surface area contributed by atoms with Crippen molar-refractivity contribution in [1.82, 2.24) is 20.3 Å². The van der Waals surface area contributed by atoms with Crippen LogP contribution < -0.4 is 15.1 Å². The molecule has 1 aliphatic rings. The van der Waals surface area contributed by atoms with Gasteiger partial charge >= 0.3 is 0 Å². The zero-order chi connectivity index (χ0) is 26.3. The number of thioether (sulfide) groups is 1. The van der Waals surface area contributed by atoms with E-state index in [0.29, 0.717) is 28.2 Å². The lowest BCUT2D eigenvalue weighted by Crippen LogP contribution is -2.47. The van der Waals surface area contributed by atoms with Crippen LogP contribution in [0.1, 0.15) is 21.5 Å². The average Bonchev–Trinajstić information content (AvgIpc) is 2.96. The number of nitrogens with zero attached hydrogens (tertiary/aromatic N) is 5. The number of carbonyl (C=O) groups excluding carboxylic acids is 1. The van der Waals surface area contributed by atoms with Crippen LogP contribution in [0.3, 0.4) is 0 Å². The Bertz CT molecular complexity index is 1380. The number of nitrogens with one attached hydrogen (secondary N) is 1. The monoisotopic (exact) mass is 564 g/mol. The van der Waals surface area contributed by atoms with Crippen molar-refractivity contribution in [3.05, 3.63) is 106 Å². The second-order valence-corrected chi connectivity index (χ2v) is 10.5. The van der Waals surface area contributed by atoms with Crippen molar-refractivity contribution < 1.29 is 4.79 Å². The minimum absolute atomic E-state index is 0.120. The van der Waals surface area contributed by atoms with Crippen molar-refractivity contribution in [1.29, 1.82) is 0 Å². The first-order valence-corrected chi connectivity index (χ1v) is 14.0. The molecule has 1 saturated heterocycles. The Morgan fingerprint density at radius 3 is 2.39 bits per heavy atom. The summed E-state index contributed by atoms with van der Waals surface area (Å²) in [5.41, 5.74) is 3.69. The van der Waals surface area contributed by atoms with Crippen LogP contribution in [-0.2, 0) is 12.3 Å². The van der Waals surface area contributed by atoms with E-state index in [1.807, 2.05) is 60.7 Å². The summed E-state index contributed by atoms with van der Waals surface area (Å²) >= 11 is 14.3. The van der Waals surface area contributed by atoms with E-state index in [-0.39, 0.29) is 5.91 Å². The van der Waals surface area contributed by atoms with Gasteiger partial charge < -0.3 is 15.1 Å². The number of hydrogen-bond donors (Lipinski definition) is 1. The van der Waals surface area contributed by atoms with Crippen LogP contribution in [0, 0.1) is 0 Å². The fourth-order valence-electron chi connectivity index (χ4n) is 4.18. The van der Waals surface area contributed by atoms with Crippen molar-refractivity contribution >= 4 is 52.4 Å². The molecule has 7 nitrogen and oxygen atoms in total. The normalized spacial score (nSPS) is 13.4. The van der Waals surface area contributed by atoms with Gasteiger partial charge in [-0.1, -0.05) is 65.3 Å². The average molecular weight is 566 g/mol. The first-order chi connectivity index (χ1) is 18.5. The predicted molar refractivity (Wildman–Crippen MR) is 154 cm³/mol. The zero-order valence-electron chi connectivity index (χ0n) is 20.6. The highest BCUT2D eigenvalue weighted by molar-refractivity contribution is 7.98. The zero-order valence-corrected chi connectivity index (χ0v) is 22.9. The quantitative estimate of drug-likeness (QED) is 0.166. The molecule has 0 bridgehead atoms. The molecule has 0 spiro atoms. The topological polar surface area (TPSA) is 74.2 Å². The van der Waals surface area contributed by atoms with E-state index in [1.165, 1.54) is 11.8 Å². The number of aromatic nitrogens is 3. The van der Waals surface area contributed by atoms with Crippen LogP contribution in [0.5, 0.6) is 0 Å². The largest absolute Gasteiger partial charge is 0.367 e. The van der Waals surface area contributed by atoms with Gasteiger partial charge in [0.25, 0.3) is 5.91 Å². The summed E-state index contributed by atoms with van der Waals surface area (Å²) in [6, 6.07) is 21.1. The maximum Gasteiger partial charge on any atom is 0.251 e. The summed E-state index contributed by atoms with van der Waals surface area (Å²) in [5, 5.41) is 4.73. The summed E-state index contributed by atoms with van der Waals surface area (Å²) in [5.74, 6) is 1.37. The SMILES string of the molecule is O=C(NCc1cccnc1)c1ccc(CSc2nc(Cl)cc(N3CCN(c4ccccc4Cl)CC3)n2)cc1. The van der Waals surface area contributed by atoms with E-state index in [9.17, 15) is 4.79 Å². The van der Waals surface area contributed by atoms with E-state index < -0.39 is 0 Å². The van der Waals surface area contributed by atoms with Gasteiger partial charge in [-0.25, -0.2) is 9.97 Å². The van der Waals surface area contributed by atoms with Crippen LogP contribution in [0.15, 0.2) is 84.3 Å². The van der Waals surface area contributed by atoms with Gasteiger partial charge in [-0.05, 0) is 41.5 Å². The van der Waals surface area contributed by atoms with Gasteiger partial charge in [0.1, 0.15) is 11.0 Å². The maximum atomic E-state index is 12.5. The van der Waals surface area contributed by atoms with Crippen LogP contribution in [0.2, 0.25) is 10.2 Å². The second-order valence-electron chi connectivity index (χ2n) is 8.79. The molecule has 5 rings (SSSR count). The molecule has 0 unspecified atom stereocenters. The molecule has 3 heterocycles. The van der Waals surface area contributed by atoms with Crippen LogP contribution in [-0.4, -0.2) is 47.0 Å². The number of piperazine rings is 1. The molecule has 4 aromatic rings. The van der Waals surface area contributed by atoms with Gasteiger partial charge in [0.2, 0.25) is 0 Å². The van der Waals surface area contributed by atoms with Gasteiger partial charge in [-0.2, -0.15) is 0 Å². The smallest absolute Gasteiger partial charge is 0.251 e. The minimum atomic E-state index is -0.120. The molecular formula is C28H26Cl2N6OS. The lowest BCUT2D eigenvalue weighted by molar-refractivity contribution is 0.0951. The second kappa shape index (κ2) is 12.5. The van der Waals surface area contributed by atoms with E-state index >= 15 is 0 Å². The fraction of sp³-hybridized carbons (Fsp3) is 0.214. The summed E-state index contributed by atoms with van der Waals surface area (Å²) in [6.45, 7) is 3.75. The molecule has 0 saturated carbocycles. The molecule has 2 aromatic carbocycles. The van der Waals surface area contributed by atoms with Gasteiger partial charge in [0.05, 0.1) is 10.7 Å². The Morgan fingerprint density at radius 2 is 1.66 bits per heavy atom. The molecule has 194 valence electrons. The predicted octanol–water partition coefficient (Wildman–Crippen LogP) is 5.73. The molecule has 0 aliphatic carbocycles.